The minimum atomic E-state index is -0.258. The summed E-state index contributed by atoms with van der Waals surface area (Å²) in [6, 6.07) is 24.3. The summed E-state index contributed by atoms with van der Waals surface area (Å²) in [5.41, 5.74) is 1.63. The molecule has 0 radical (unpaired) electrons. The highest BCUT2D eigenvalue weighted by Crippen LogP contribution is 2.32. The maximum Gasteiger partial charge on any atom is 0.127 e. The smallest absolute Gasteiger partial charge is 0.127 e. The van der Waals surface area contributed by atoms with Crippen LogP contribution in [0.5, 0.6) is 5.75 Å². The largest absolute Gasteiger partial charge is 0.494 e. The Morgan fingerprint density at radius 2 is 1.50 bits per heavy atom. The molecule has 0 fully saturated rings. The van der Waals surface area contributed by atoms with Gasteiger partial charge in [0, 0.05) is 22.1 Å². The van der Waals surface area contributed by atoms with Gasteiger partial charge in [-0.15, -0.1) is 22.0 Å². The first-order chi connectivity index (χ1) is 13.8. The highest BCUT2D eigenvalue weighted by atomic mass is 32.2. The monoisotopic (exact) mass is 390 g/mol. The lowest BCUT2D eigenvalue weighted by molar-refractivity contribution is 0.318. The molecule has 3 nitrogen and oxygen atoms in total. The summed E-state index contributed by atoms with van der Waals surface area (Å²) in [4.78, 5) is 0. The summed E-state index contributed by atoms with van der Waals surface area (Å²) in [6.07, 6.45) is 0.912. The molecule has 1 aromatic heterocycles. The van der Waals surface area contributed by atoms with Gasteiger partial charge in [-0.1, -0.05) is 42.5 Å². The van der Waals surface area contributed by atoms with Gasteiger partial charge in [-0.05, 0) is 42.8 Å². The van der Waals surface area contributed by atoms with Gasteiger partial charge in [0.15, 0.2) is 0 Å². The van der Waals surface area contributed by atoms with E-state index in [4.69, 9.17) is 4.74 Å². The zero-order chi connectivity index (χ0) is 19.2. The fourth-order valence-electron chi connectivity index (χ4n) is 2.94. The van der Waals surface area contributed by atoms with Gasteiger partial charge >= 0.3 is 0 Å². The molecule has 4 rings (SSSR count). The molecule has 28 heavy (non-hydrogen) atoms. The first-order valence-electron chi connectivity index (χ1n) is 9.13. The number of fused-ring (bicyclic) bond motifs is 1. The van der Waals surface area contributed by atoms with Gasteiger partial charge in [0.25, 0.3) is 0 Å². The normalized spacial score (nSPS) is 10.9. The van der Waals surface area contributed by atoms with Gasteiger partial charge in [-0.2, -0.15) is 0 Å². The molecule has 0 amide bonds. The molecule has 1 heterocycles. The van der Waals surface area contributed by atoms with Gasteiger partial charge < -0.3 is 4.74 Å². The van der Waals surface area contributed by atoms with Crippen LogP contribution in [-0.2, 0) is 0 Å². The van der Waals surface area contributed by atoms with Crippen molar-refractivity contribution in [2.45, 2.75) is 11.4 Å². The van der Waals surface area contributed by atoms with Gasteiger partial charge in [0.1, 0.15) is 22.3 Å². The van der Waals surface area contributed by atoms with Crippen molar-refractivity contribution in [1.82, 2.24) is 10.2 Å². The van der Waals surface area contributed by atoms with Crippen molar-refractivity contribution in [1.29, 1.82) is 0 Å². The molecule has 0 saturated heterocycles. The van der Waals surface area contributed by atoms with Crippen LogP contribution in [0.4, 0.5) is 4.39 Å². The van der Waals surface area contributed by atoms with E-state index in [0.717, 1.165) is 45.0 Å². The number of halogens is 1. The molecular formula is C23H19FN2OS. The summed E-state index contributed by atoms with van der Waals surface area (Å²) >= 11 is 1.68. The van der Waals surface area contributed by atoms with Gasteiger partial charge in [0.05, 0.1) is 6.61 Å². The van der Waals surface area contributed by atoms with Crippen molar-refractivity contribution < 1.29 is 9.13 Å². The highest BCUT2D eigenvalue weighted by Gasteiger charge is 2.11. The molecule has 4 aromatic rings. The van der Waals surface area contributed by atoms with Crippen molar-refractivity contribution in [3.05, 3.63) is 84.7 Å². The Kier molecular flexibility index (Phi) is 5.83. The average Bonchev–Trinajstić information content (AvgIpc) is 2.75. The fraction of sp³-hybridized carbons (Fsp3) is 0.130. The van der Waals surface area contributed by atoms with E-state index in [1.54, 1.807) is 23.9 Å². The summed E-state index contributed by atoms with van der Waals surface area (Å²) < 4.78 is 19.0. The maximum absolute atomic E-state index is 13.2. The van der Waals surface area contributed by atoms with E-state index < -0.39 is 0 Å². The van der Waals surface area contributed by atoms with E-state index in [1.807, 2.05) is 48.5 Å². The zero-order valence-corrected chi connectivity index (χ0v) is 16.0. The zero-order valence-electron chi connectivity index (χ0n) is 15.2. The van der Waals surface area contributed by atoms with E-state index >= 15 is 0 Å². The Hall–Kier alpha value is -2.92. The number of nitrogens with zero attached hydrogens (tertiary/aromatic N) is 2. The minimum Gasteiger partial charge on any atom is -0.494 e. The highest BCUT2D eigenvalue weighted by molar-refractivity contribution is 7.99. The molecule has 0 atom stereocenters. The molecule has 140 valence electrons. The molecule has 0 unspecified atom stereocenters. The minimum absolute atomic E-state index is 0.258. The van der Waals surface area contributed by atoms with Crippen LogP contribution in [0.3, 0.4) is 0 Å². The van der Waals surface area contributed by atoms with Gasteiger partial charge in [0.2, 0.25) is 0 Å². The van der Waals surface area contributed by atoms with Crippen molar-refractivity contribution in [2.24, 2.45) is 0 Å². The van der Waals surface area contributed by atoms with Crippen LogP contribution in [0, 0.1) is 5.82 Å². The summed E-state index contributed by atoms with van der Waals surface area (Å²) in [5, 5.41) is 11.9. The van der Waals surface area contributed by atoms with Crippen LogP contribution in [0.1, 0.15) is 6.42 Å². The Morgan fingerprint density at radius 1 is 0.786 bits per heavy atom. The number of thioether (sulfide) groups is 1. The molecule has 0 bridgehead atoms. The predicted molar refractivity (Wildman–Crippen MR) is 112 cm³/mol. The Morgan fingerprint density at radius 3 is 2.29 bits per heavy atom. The van der Waals surface area contributed by atoms with E-state index in [0.29, 0.717) is 6.61 Å². The molecule has 0 saturated carbocycles. The topological polar surface area (TPSA) is 35.0 Å². The molecule has 5 heteroatoms. The van der Waals surface area contributed by atoms with E-state index in [2.05, 4.69) is 16.3 Å². The van der Waals surface area contributed by atoms with Crippen molar-refractivity contribution in [3.8, 4) is 17.0 Å². The summed E-state index contributed by atoms with van der Waals surface area (Å²) in [5.74, 6) is 1.52. The molecule has 0 aliphatic carbocycles. The van der Waals surface area contributed by atoms with Crippen LogP contribution in [0.15, 0.2) is 83.9 Å². The van der Waals surface area contributed by atoms with Crippen LogP contribution >= 0.6 is 11.8 Å². The van der Waals surface area contributed by atoms with E-state index in [-0.39, 0.29) is 5.82 Å². The number of para-hydroxylation sites is 1. The standard InChI is InChI=1S/C23H19FN2OS/c24-18-13-11-17(12-14-18)22-20-9-4-5-10-21(20)23(26-25-22)28-16-6-15-27-19-7-2-1-3-8-19/h1-5,7-14H,6,15-16H2. The maximum atomic E-state index is 13.2. The van der Waals surface area contributed by atoms with Crippen LogP contribution in [-0.4, -0.2) is 22.6 Å². The second-order valence-corrected chi connectivity index (χ2v) is 7.35. The van der Waals surface area contributed by atoms with Gasteiger partial charge in [-0.3, -0.25) is 0 Å². The second-order valence-electron chi connectivity index (χ2n) is 6.27. The first-order valence-corrected chi connectivity index (χ1v) is 10.1. The Labute approximate surface area is 167 Å². The third-order valence-electron chi connectivity index (χ3n) is 4.31. The first kappa shape index (κ1) is 18.4. The van der Waals surface area contributed by atoms with Gasteiger partial charge in [-0.25, -0.2) is 4.39 Å². The Bertz CT molecular complexity index is 1060. The third-order valence-corrected chi connectivity index (χ3v) is 5.38. The number of ether oxygens (including phenoxy) is 1. The van der Waals surface area contributed by atoms with Crippen LogP contribution in [0.2, 0.25) is 0 Å². The number of hydrogen-bond acceptors (Lipinski definition) is 4. The van der Waals surface area contributed by atoms with Crippen molar-refractivity contribution in [2.75, 3.05) is 12.4 Å². The average molecular weight is 390 g/mol. The number of aromatic nitrogens is 2. The lowest BCUT2D eigenvalue weighted by atomic mass is 10.1. The molecule has 0 aliphatic rings. The fourth-order valence-corrected chi connectivity index (χ4v) is 3.83. The predicted octanol–water partition coefficient (Wildman–Crippen LogP) is 6.00. The third kappa shape index (κ3) is 4.31. The Balaban J connectivity index is 1.46. The molecule has 0 aliphatic heterocycles. The summed E-state index contributed by atoms with van der Waals surface area (Å²) in [7, 11) is 0. The SMILES string of the molecule is Fc1ccc(-c2nnc(SCCCOc3ccccc3)c3ccccc23)cc1. The van der Waals surface area contributed by atoms with Crippen LogP contribution in [0.25, 0.3) is 22.0 Å². The van der Waals surface area contributed by atoms with E-state index in [1.165, 1.54) is 12.1 Å². The number of rotatable bonds is 7. The lowest BCUT2D eigenvalue weighted by Crippen LogP contribution is -1.99. The van der Waals surface area contributed by atoms with E-state index in [9.17, 15) is 4.39 Å². The quantitative estimate of drug-likeness (QED) is 0.286. The molecular weight excluding hydrogens is 371 g/mol. The number of hydrogen-bond donors (Lipinski definition) is 0. The van der Waals surface area contributed by atoms with Crippen molar-refractivity contribution in [3.63, 3.8) is 0 Å². The molecule has 0 spiro atoms. The number of benzene rings is 3. The van der Waals surface area contributed by atoms with Crippen molar-refractivity contribution >= 4 is 22.5 Å². The molecule has 3 aromatic carbocycles. The lowest BCUT2D eigenvalue weighted by Gasteiger charge is -2.09. The summed E-state index contributed by atoms with van der Waals surface area (Å²) in [6.45, 7) is 0.663. The molecule has 0 N–H and O–H groups in total. The van der Waals surface area contributed by atoms with Crippen LogP contribution < -0.4 is 4.74 Å². The second kappa shape index (κ2) is 8.85.